The third-order valence-corrected chi connectivity index (χ3v) is 10.0. The Morgan fingerprint density at radius 2 is 1.57 bits per heavy atom. The molecule has 4 unspecified atom stereocenters. The number of rotatable bonds is 2. The zero-order chi connectivity index (χ0) is 32.7. The van der Waals surface area contributed by atoms with Crippen molar-refractivity contribution in [2.24, 2.45) is 5.92 Å². The first-order valence-electron chi connectivity index (χ1n) is 13.7. The summed E-state index contributed by atoms with van der Waals surface area (Å²) in [5.74, 6) is -0.853. The number of aliphatic hydroxyl groups is 2. The van der Waals surface area contributed by atoms with Gasteiger partial charge in [0.1, 0.15) is 35.8 Å². The van der Waals surface area contributed by atoms with Crippen LogP contribution in [0.25, 0.3) is 22.3 Å². The van der Waals surface area contributed by atoms with E-state index in [1.165, 1.54) is 21.8 Å². The van der Waals surface area contributed by atoms with Gasteiger partial charge in [0.25, 0.3) is 5.56 Å². The fraction of sp³-hybridized carbons (Fsp3) is 0.545. The molecule has 6 heterocycles. The van der Waals surface area contributed by atoms with Crippen LogP contribution >= 0.6 is 15.6 Å². The highest BCUT2D eigenvalue weighted by Gasteiger charge is 2.53. The highest BCUT2D eigenvalue weighted by molar-refractivity contribution is 7.47. The Labute approximate surface area is 256 Å². The maximum Gasteiger partial charge on any atom is 0.472 e. The first-order chi connectivity index (χ1) is 21.7. The minimum atomic E-state index is -5.04. The number of imidazole rings is 2. The number of hydrogen-bond donors (Lipinski definition) is 7. The maximum atomic E-state index is 13.3. The quantitative estimate of drug-likeness (QED) is 0.120. The van der Waals surface area contributed by atoms with Crippen molar-refractivity contribution in [1.82, 2.24) is 39.0 Å². The molecule has 1 aliphatic carbocycles. The molecule has 4 aromatic rings. The molecule has 46 heavy (non-hydrogen) atoms. The van der Waals surface area contributed by atoms with E-state index in [9.17, 15) is 33.9 Å². The maximum absolute atomic E-state index is 13.3. The molecule has 0 aromatic carbocycles. The summed E-state index contributed by atoms with van der Waals surface area (Å²) in [7, 11) is -10.0. The van der Waals surface area contributed by atoms with Crippen molar-refractivity contribution in [2.45, 2.75) is 56.1 Å². The highest BCUT2D eigenvalue weighted by atomic mass is 31.2. The van der Waals surface area contributed by atoms with Crippen LogP contribution in [-0.2, 0) is 32.0 Å². The van der Waals surface area contributed by atoms with Crippen molar-refractivity contribution in [3.8, 4) is 0 Å². The van der Waals surface area contributed by atoms with Crippen LogP contribution in [0, 0.1) is 12.8 Å². The molecule has 22 nitrogen and oxygen atoms in total. The Balaban J connectivity index is 1.21. The van der Waals surface area contributed by atoms with Gasteiger partial charge in [-0.3, -0.25) is 32.4 Å². The molecule has 3 aliphatic rings. The van der Waals surface area contributed by atoms with Gasteiger partial charge in [0.2, 0.25) is 5.95 Å². The van der Waals surface area contributed by atoms with E-state index >= 15 is 0 Å². The molecule has 0 amide bonds. The average Bonchev–Trinajstić information content (AvgIpc) is 3.72. The van der Waals surface area contributed by atoms with Crippen LogP contribution in [0.1, 0.15) is 24.5 Å². The van der Waals surface area contributed by atoms with Gasteiger partial charge >= 0.3 is 15.6 Å². The van der Waals surface area contributed by atoms with Crippen LogP contribution < -0.4 is 17.0 Å². The lowest BCUT2D eigenvalue weighted by Crippen LogP contribution is -2.36. The van der Waals surface area contributed by atoms with E-state index in [-0.39, 0.29) is 46.3 Å². The Morgan fingerprint density at radius 1 is 0.913 bits per heavy atom. The van der Waals surface area contributed by atoms with Gasteiger partial charge in [-0.05, 0) is 13.3 Å². The van der Waals surface area contributed by atoms with Crippen molar-refractivity contribution in [1.29, 1.82) is 0 Å². The molecule has 24 heteroatoms. The Kier molecular flexibility index (Phi) is 7.53. The van der Waals surface area contributed by atoms with Gasteiger partial charge in [-0.1, -0.05) is 0 Å². The fourth-order valence-corrected chi connectivity index (χ4v) is 7.99. The van der Waals surface area contributed by atoms with E-state index < -0.39 is 83.1 Å². The summed E-state index contributed by atoms with van der Waals surface area (Å²) in [6, 6.07) is -0.998. The highest BCUT2D eigenvalue weighted by Crippen LogP contribution is 2.55. The molecule has 1 saturated carbocycles. The van der Waals surface area contributed by atoms with E-state index in [1.807, 2.05) is 0 Å². The summed E-state index contributed by atoms with van der Waals surface area (Å²) >= 11 is 0. The summed E-state index contributed by atoms with van der Waals surface area (Å²) < 4.78 is 56.2. The number of nitrogens with zero attached hydrogens (tertiary/aromatic N) is 7. The third-order valence-electron chi connectivity index (χ3n) is 8.06. The number of aliphatic hydroxyl groups excluding tert-OH is 2. The molecule has 4 aromatic heterocycles. The standard InChI is InChI=1S/C22H28N10O12P2/c1-7-27-17(23)11-18(28-7)32(6-25-11)21-14(34)16-10(42-21)4-41-46(38,39)43-15-9(2-8(13(15)33)3-40-45(36,37)44-16)31-5-26-12-19(31)29-22(24)30-20(12)35/h5-6,8-10,13-16,21,33-34H,2-4H2,1H3,(H,36,37)(H,38,39)(H2,23,27,28)(H3,24,29,30,35)/t8-,9-,10-,13?,14-,15-,16?,21-/m1/s1. The molecule has 7 rings (SSSR count). The van der Waals surface area contributed by atoms with E-state index in [0.717, 1.165) is 0 Å². The normalized spacial score (nSPS) is 37.2. The zero-order valence-corrected chi connectivity index (χ0v) is 25.4. The number of phosphoric ester groups is 2. The van der Waals surface area contributed by atoms with Crippen LogP contribution in [0.4, 0.5) is 11.8 Å². The lowest BCUT2D eigenvalue weighted by Gasteiger charge is -2.26. The van der Waals surface area contributed by atoms with Gasteiger partial charge in [0.15, 0.2) is 28.9 Å². The number of nitrogens with one attached hydrogen (secondary N) is 1. The number of ether oxygens (including phenoxy) is 1. The first-order valence-corrected chi connectivity index (χ1v) is 16.7. The third kappa shape index (κ3) is 5.40. The SMILES string of the molecule is Cc1nc(N)c2ncn([C@@H]3O[C@@H]4COP(=O)(O)O[C@H]5C(O)[C@@H](COP(=O)(O)OC4[C@H]3O)C[C@H]5n3cnc4c(=O)[nH]c(N)nc43)c2n1. The topological polar surface area (TPSA) is 320 Å². The second-order valence-electron chi connectivity index (χ2n) is 11.0. The molecular weight excluding hydrogens is 658 g/mol. The molecule has 3 fully saturated rings. The predicted molar refractivity (Wildman–Crippen MR) is 151 cm³/mol. The Morgan fingerprint density at radius 3 is 2.33 bits per heavy atom. The predicted octanol–water partition coefficient (Wildman–Crippen LogP) is -1.37. The number of aromatic nitrogens is 8. The average molecular weight is 686 g/mol. The number of aryl methyl sites for hydroxylation is 1. The monoisotopic (exact) mass is 686 g/mol. The lowest BCUT2D eigenvalue weighted by atomic mass is 10.1. The van der Waals surface area contributed by atoms with Crippen molar-refractivity contribution in [2.75, 3.05) is 24.7 Å². The number of phosphoric acid groups is 2. The first kappa shape index (κ1) is 31.2. The smallest absolute Gasteiger partial charge is 0.390 e. The largest absolute Gasteiger partial charge is 0.472 e. The Hall–Kier alpha value is -3.40. The minimum absolute atomic E-state index is 0.00365. The van der Waals surface area contributed by atoms with Crippen LogP contribution in [0.15, 0.2) is 17.4 Å². The number of hydrogen-bond acceptors (Lipinski definition) is 17. The van der Waals surface area contributed by atoms with Gasteiger partial charge < -0.3 is 40.8 Å². The summed E-state index contributed by atoms with van der Waals surface area (Å²) in [5, 5.41) is 22.4. The van der Waals surface area contributed by atoms with Gasteiger partial charge in [-0.25, -0.2) is 29.1 Å². The van der Waals surface area contributed by atoms with Gasteiger partial charge in [-0.2, -0.15) is 4.98 Å². The van der Waals surface area contributed by atoms with Gasteiger partial charge in [0.05, 0.1) is 38.0 Å². The van der Waals surface area contributed by atoms with E-state index in [0.29, 0.717) is 0 Å². The minimum Gasteiger partial charge on any atom is -0.390 e. The molecule has 0 radical (unpaired) electrons. The molecule has 10 atom stereocenters. The van der Waals surface area contributed by atoms with Crippen molar-refractivity contribution < 1.29 is 52.0 Å². The van der Waals surface area contributed by atoms with E-state index in [2.05, 4.69) is 29.9 Å². The Bertz CT molecular complexity index is 1990. The molecule has 248 valence electrons. The fourth-order valence-electron chi connectivity index (χ4n) is 6.01. The van der Waals surface area contributed by atoms with Crippen molar-refractivity contribution in [3.63, 3.8) is 0 Å². The number of fused-ring (bicyclic) bond motifs is 5. The molecular formula is C22H28N10O12P2. The summed E-state index contributed by atoms with van der Waals surface area (Å²) in [4.78, 5) is 56.7. The number of nitrogens with two attached hydrogens (primary N) is 2. The summed E-state index contributed by atoms with van der Waals surface area (Å²) in [5.41, 5.74) is 11.3. The molecule has 2 aliphatic heterocycles. The van der Waals surface area contributed by atoms with Crippen LogP contribution in [-0.4, -0.2) is 103 Å². The molecule has 0 spiro atoms. The second kappa shape index (κ2) is 11.1. The summed E-state index contributed by atoms with van der Waals surface area (Å²) in [6.07, 6.45) is -6.74. The van der Waals surface area contributed by atoms with Gasteiger partial charge in [-0.15, -0.1) is 0 Å². The van der Waals surface area contributed by atoms with Crippen molar-refractivity contribution in [3.05, 3.63) is 28.8 Å². The van der Waals surface area contributed by atoms with Crippen molar-refractivity contribution >= 4 is 49.7 Å². The number of nitrogen functional groups attached to an aromatic ring is 2. The molecule has 9 N–H and O–H groups in total. The number of aromatic amines is 1. The summed E-state index contributed by atoms with van der Waals surface area (Å²) in [6.45, 7) is 0.191. The lowest BCUT2D eigenvalue weighted by molar-refractivity contribution is -0.0553. The van der Waals surface area contributed by atoms with E-state index in [1.54, 1.807) is 6.92 Å². The number of anilines is 2. The van der Waals surface area contributed by atoms with Crippen LogP contribution in [0.5, 0.6) is 0 Å². The van der Waals surface area contributed by atoms with Crippen LogP contribution in [0.3, 0.4) is 0 Å². The molecule has 2 saturated heterocycles. The second-order valence-corrected chi connectivity index (χ2v) is 13.8. The van der Waals surface area contributed by atoms with Gasteiger partial charge in [0, 0.05) is 5.92 Å². The zero-order valence-electron chi connectivity index (χ0n) is 23.6. The molecule has 2 bridgehead atoms. The number of H-pyrrole nitrogens is 1. The van der Waals surface area contributed by atoms with E-state index in [4.69, 9.17) is 34.3 Å². The van der Waals surface area contributed by atoms with Crippen LogP contribution in [0.2, 0.25) is 0 Å².